The molecule has 192 valence electrons. The Morgan fingerprint density at radius 3 is 2.59 bits per heavy atom. The second kappa shape index (κ2) is 11.8. The van der Waals surface area contributed by atoms with Crippen molar-refractivity contribution in [2.24, 2.45) is 0 Å². The fourth-order valence-corrected chi connectivity index (χ4v) is 4.21. The van der Waals surface area contributed by atoms with Crippen LogP contribution in [0.2, 0.25) is 5.02 Å². The number of carbonyl (C=O) groups is 2. The van der Waals surface area contributed by atoms with Gasteiger partial charge in [0.25, 0.3) is 0 Å². The number of rotatable bonds is 10. The minimum Gasteiger partial charge on any atom is -0.493 e. The van der Waals surface area contributed by atoms with Crippen LogP contribution in [0.1, 0.15) is 31.0 Å². The van der Waals surface area contributed by atoms with E-state index in [1.54, 1.807) is 19.3 Å². The second-order valence-corrected chi connectivity index (χ2v) is 8.80. The third kappa shape index (κ3) is 6.21. The van der Waals surface area contributed by atoms with Crippen molar-refractivity contribution >= 4 is 34.6 Å². The molecule has 0 fully saturated rings. The minimum atomic E-state index is -0.883. The summed E-state index contributed by atoms with van der Waals surface area (Å²) in [4.78, 5) is 27.5. The van der Waals surface area contributed by atoms with Crippen LogP contribution in [-0.4, -0.2) is 40.0 Å². The maximum absolute atomic E-state index is 12.3. The fraction of sp³-hybridized carbons (Fsp3) is 0.250. The molecule has 0 bridgehead atoms. The number of aliphatic carboxylic acids is 1. The van der Waals surface area contributed by atoms with E-state index in [2.05, 4.69) is 9.55 Å². The van der Waals surface area contributed by atoms with Crippen molar-refractivity contribution in [1.29, 1.82) is 0 Å². The van der Waals surface area contributed by atoms with Crippen LogP contribution in [0, 0.1) is 6.92 Å². The molecule has 2 heterocycles. The van der Waals surface area contributed by atoms with E-state index >= 15 is 0 Å². The van der Waals surface area contributed by atoms with Crippen molar-refractivity contribution in [1.82, 2.24) is 9.55 Å². The van der Waals surface area contributed by atoms with Gasteiger partial charge in [-0.25, -0.2) is 4.79 Å². The van der Waals surface area contributed by atoms with E-state index in [-0.39, 0.29) is 19.6 Å². The zero-order valence-electron chi connectivity index (χ0n) is 20.6. The second-order valence-electron chi connectivity index (χ2n) is 8.37. The predicted octanol–water partition coefficient (Wildman–Crippen LogP) is 6.49. The Morgan fingerprint density at radius 1 is 1.14 bits per heavy atom. The summed E-state index contributed by atoms with van der Waals surface area (Å²) >= 11 is 6.08. The fourth-order valence-electron chi connectivity index (χ4n) is 4.08. The third-order valence-electron chi connectivity index (χ3n) is 5.83. The lowest BCUT2D eigenvalue weighted by molar-refractivity contribution is -0.137. The van der Waals surface area contributed by atoms with Crippen LogP contribution < -0.4 is 9.47 Å². The van der Waals surface area contributed by atoms with Crippen LogP contribution in [0.15, 0.2) is 60.9 Å². The average molecular weight is 523 g/mol. The summed E-state index contributed by atoms with van der Waals surface area (Å²) in [6.07, 6.45) is 2.98. The molecule has 2 aromatic heterocycles. The zero-order valence-corrected chi connectivity index (χ0v) is 21.3. The highest BCUT2D eigenvalue weighted by Gasteiger charge is 2.22. The lowest BCUT2D eigenvalue weighted by atomic mass is 10.0. The molecule has 0 radical (unpaired) electrons. The van der Waals surface area contributed by atoms with Gasteiger partial charge in [0, 0.05) is 46.9 Å². The van der Waals surface area contributed by atoms with E-state index in [1.807, 2.05) is 55.5 Å². The van der Waals surface area contributed by atoms with Crippen molar-refractivity contribution in [3.8, 4) is 22.6 Å². The van der Waals surface area contributed by atoms with Crippen molar-refractivity contribution in [3.63, 3.8) is 0 Å². The first-order valence-corrected chi connectivity index (χ1v) is 12.3. The molecule has 0 unspecified atom stereocenters. The van der Waals surface area contributed by atoms with Crippen LogP contribution in [0.4, 0.5) is 4.79 Å². The SMILES string of the molecule is CCOC(=O)Oc1c(C)n(Cc2ccc(Cl)cc2)c2cc(-c3cccnc3)c(OCCCC(=O)O)cc12. The molecule has 0 aliphatic rings. The maximum Gasteiger partial charge on any atom is 0.513 e. The summed E-state index contributed by atoms with van der Waals surface area (Å²) in [7, 11) is 0. The summed E-state index contributed by atoms with van der Waals surface area (Å²) in [5.74, 6) is 0.0188. The van der Waals surface area contributed by atoms with E-state index in [9.17, 15) is 9.59 Å². The number of fused-ring (bicyclic) bond motifs is 1. The molecule has 0 spiro atoms. The van der Waals surface area contributed by atoms with Crippen LogP contribution in [-0.2, 0) is 16.1 Å². The van der Waals surface area contributed by atoms with Gasteiger partial charge in [0.05, 0.1) is 24.4 Å². The number of carboxylic acids is 1. The molecular weight excluding hydrogens is 496 g/mol. The van der Waals surface area contributed by atoms with Gasteiger partial charge < -0.3 is 23.9 Å². The summed E-state index contributed by atoms with van der Waals surface area (Å²) < 4.78 is 18.8. The quantitative estimate of drug-likeness (QED) is 0.187. The maximum atomic E-state index is 12.3. The van der Waals surface area contributed by atoms with Gasteiger partial charge in [0.1, 0.15) is 5.75 Å². The van der Waals surface area contributed by atoms with Crippen molar-refractivity contribution in [3.05, 3.63) is 77.2 Å². The average Bonchev–Trinajstić information content (AvgIpc) is 3.13. The number of benzene rings is 2. The van der Waals surface area contributed by atoms with E-state index in [0.717, 1.165) is 27.9 Å². The standard InChI is InChI=1S/C28H27ClN2O6/c1-3-35-28(34)37-27-18(2)31(17-19-8-10-21(29)11-9-19)24-14-22(20-6-4-12-30-16-20)25(15-23(24)27)36-13-5-7-26(32)33/h4,6,8-12,14-16H,3,5,7,13,17H2,1-2H3,(H,32,33). The molecule has 0 atom stereocenters. The first kappa shape index (κ1) is 26.0. The number of hydrogen-bond donors (Lipinski definition) is 1. The Kier molecular flexibility index (Phi) is 8.30. The topological polar surface area (TPSA) is 99.9 Å². The molecule has 37 heavy (non-hydrogen) atoms. The largest absolute Gasteiger partial charge is 0.513 e. The normalized spacial score (nSPS) is 10.9. The molecular formula is C28H27ClN2O6. The number of nitrogens with zero attached hydrogens (tertiary/aromatic N) is 2. The molecule has 1 N–H and O–H groups in total. The molecule has 9 heteroatoms. The molecule has 0 amide bonds. The Balaban J connectivity index is 1.86. The van der Waals surface area contributed by atoms with E-state index in [4.69, 9.17) is 30.9 Å². The number of pyridine rings is 1. The molecule has 0 aliphatic heterocycles. The van der Waals surface area contributed by atoms with Gasteiger partial charge in [-0.2, -0.15) is 0 Å². The number of carbonyl (C=O) groups excluding carboxylic acids is 1. The lowest BCUT2D eigenvalue weighted by Crippen LogP contribution is -2.11. The molecule has 8 nitrogen and oxygen atoms in total. The van der Waals surface area contributed by atoms with E-state index < -0.39 is 12.1 Å². The van der Waals surface area contributed by atoms with Gasteiger partial charge in [0.2, 0.25) is 0 Å². The number of carboxylic acid groups (broad SMARTS) is 1. The lowest BCUT2D eigenvalue weighted by Gasteiger charge is -2.14. The number of ether oxygens (including phenoxy) is 3. The van der Waals surface area contributed by atoms with Gasteiger partial charge in [0.15, 0.2) is 5.75 Å². The van der Waals surface area contributed by atoms with Gasteiger partial charge in [-0.3, -0.25) is 9.78 Å². The minimum absolute atomic E-state index is 0.00172. The molecule has 0 aliphatic carbocycles. The van der Waals surface area contributed by atoms with Crippen molar-refractivity contribution < 1.29 is 28.9 Å². The number of halogens is 1. The van der Waals surface area contributed by atoms with Crippen LogP contribution >= 0.6 is 11.6 Å². The summed E-state index contributed by atoms with van der Waals surface area (Å²) in [6.45, 7) is 4.49. The molecule has 4 rings (SSSR count). The highest BCUT2D eigenvalue weighted by molar-refractivity contribution is 6.30. The van der Waals surface area contributed by atoms with Gasteiger partial charge >= 0.3 is 12.1 Å². The van der Waals surface area contributed by atoms with Gasteiger partial charge in [-0.05, 0) is 56.2 Å². The van der Waals surface area contributed by atoms with Crippen LogP contribution in [0.5, 0.6) is 11.5 Å². The highest BCUT2D eigenvalue weighted by Crippen LogP contribution is 2.41. The summed E-state index contributed by atoms with van der Waals surface area (Å²) in [5.41, 5.74) is 4.20. The molecule has 0 saturated heterocycles. The first-order chi connectivity index (χ1) is 17.9. The smallest absolute Gasteiger partial charge is 0.493 e. The van der Waals surface area contributed by atoms with Gasteiger partial charge in [-0.15, -0.1) is 0 Å². The van der Waals surface area contributed by atoms with Gasteiger partial charge in [-0.1, -0.05) is 29.8 Å². The Hall–Kier alpha value is -4.04. The summed E-state index contributed by atoms with van der Waals surface area (Å²) in [6, 6.07) is 15.1. The van der Waals surface area contributed by atoms with Crippen LogP contribution in [0.25, 0.3) is 22.0 Å². The molecule has 4 aromatic rings. The van der Waals surface area contributed by atoms with E-state index in [0.29, 0.717) is 34.9 Å². The number of hydrogen-bond acceptors (Lipinski definition) is 6. The molecule has 2 aromatic carbocycles. The van der Waals surface area contributed by atoms with Crippen molar-refractivity contribution in [2.45, 2.75) is 33.2 Å². The van der Waals surface area contributed by atoms with Crippen LogP contribution in [0.3, 0.4) is 0 Å². The number of aromatic nitrogens is 2. The predicted molar refractivity (Wildman–Crippen MR) is 140 cm³/mol. The Morgan fingerprint density at radius 2 is 1.92 bits per heavy atom. The molecule has 0 saturated carbocycles. The highest BCUT2D eigenvalue weighted by atomic mass is 35.5. The summed E-state index contributed by atoms with van der Waals surface area (Å²) in [5, 5.41) is 10.3. The first-order valence-electron chi connectivity index (χ1n) is 11.9. The Labute approximate surface area is 219 Å². The van der Waals surface area contributed by atoms with Crippen molar-refractivity contribution in [2.75, 3.05) is 13.2 Å². The third-order valence-corrected chi connectivity index (χ3v) is 6.09. The van der Waals surface area contributed by atoms with E-state index in [1.165, 1.54) is 0 Å². The Bertz CT molecular complexity index is 1400. The zero-order chi connectivity index (χ0) is 26.4. The monoisotopic (exact) mass is 522 g/mol.